The fourth-order valence-corrected chi connectivity index (χ4v) is 5.11. The van der Waals surface area contributed by atoms with Gasteiger partial charge in [0.15, 0.2) is 5.65 Å². The van der Waals surface area contributed by atoms with E-state index in [9.17, 15) is 9.59 Å². The van der Waals surface area contributed by atoms with Crippen LogP contribution in [-0.2, 0) is 6.54 Å². The lowest BCUT2D eigenvalue weighted by molar-refractivity contribution is 0.0731. The van der Waals surface area contributed by atoms with Crippen LogP contribution in [0.3, 0.4) is 0 Å². The number of hydrogen-bond donors (Lipinski definition) is 1. The molecule has 0 bridgehead atoms. The van der Waals surface area contributed by atoms with Gasteiger partial charge in [0.1, 0.15) is 0 Å². The molecule has 0 saturated heterocycles. The molecule has 1 N–H and O–H groups in total. The summed E-state index contributed by atoms with van der Waals surface area (Å²) in [5.74, 6) is -0.127. The molecular weight excluding hydrogens is 458 g/mol. The highest BCUT2D eigenvalue weighted by Crippen LogP contribution is 2.34. The van der Waals surface area contributed by atoms with Gasteiger partial charge in [-0.05, 0) is 69.5 Å². The van der Waals surface area contributed by atoms with Crippen LogP contribution in [0.25, 0.3) is 21.6 Å². The number of thiophene rings is 1. The Balaban J connectivity index is 1.54. The molecule has 0 aliphatic heterocycles. The van der Waals surface area contributed by atoms with Crippen LogP contribution in [0.2, 0.25) is 0 Å². The molecule has 4 aromatic rings. The van der Waals surface area contributed by atoms with Crippen molar-refractivity contribution in [2.45, 2.75) is 52.2 Å². The number of pyridine rings is 1. The van der Waals surface area contributed by atoms with E-state index in [2.05, 4.69) is 43.3 Å². The van der Waals surface area contributed by atoms with Gasteiger partial charge >= 0.3 is 0 Å². The molecule has 1 aromatic carbocycles. The predicted molar refractivity (Wildman–Crippen MR) is 139 cm³/mol. The monoisotopic (exact) mass is 487 g/mol. The van der Waals surface area contributed by atoms with Crippen molar-refractivity contribution in [3.05, 3.63) is 70.2 Å². The van der Waals surface area contributed by atoms with Gasteiger partial charge < -0.3 is 10.2 Å². The third-order valence-electron chi connectivity index (χ3n) is 6.32. The van der Waals surface area contributed by atoms with Crippen LogP contribution >= 0.6 is 11.3 Å². The normalized spacial score (nSPS) is 13.4. The maximum absolute atomic E-state index is 14.0. The summed E-state index contributed by atoms with van der Waals surface area (Å²) in [4.78, 5) is 35.1. The molecule has 180 valence electrons. The number of fused-ring (bicyclic) bond motifs is 1. The Kier molecular flexibility index (Phi) is 6.15. The highest BCUT2D eigenvalue weighted by atomic mass is 32.1. The molecule has 0 atom stereocenters. The Labute approximate surface area is 208 Å². The molecule has 0 radical (unpaired) electrons. The Morgan fingerprint density at radius 2 is 1.91 bits per heavy atom. The van der Waals surface area contributed by atoms with Crippen molar-refractivity contribution in [2.75, 3.05) is 7.05 Å². The molecule has 1 fully saturated rings. The number of rotatable bonds is 7. The van der Waals surface area contributed by atoms with Crippen molar-refractivity contribution in [3.8, 4) is 10.6 Å². The zero-order chi connectivity index (χ0) is 24.7. The lowest BCUT2D eigenvalue weighted by atomic mass is 10.1. The molecule has 0 spiro atoms. The highest BCUT2D eigenvalue weighted by molar-refractivity contribution is 7.15. The summed E-state index contributed by atoms with van der Waals surface area (Å²) in [5.41, 5.74) is 3.77. The van der Waals surface area contributed by atoms with Crippen molar-refractivity contribution in [3.63, 3.8) is 0 Å². The molecule has 0 unspecified atom stereocenters. The Morgan fingerprint density at radius 1 is 1.17 bits per heavy atom. The van der Waals surface area contributed by atoms with Gasteiger partial charge in [-0.25, -0.2) is 9.67 Å². The third kappa shape index (κ3) is 4.58. The van der Waals surface area contributed by atoms with E-state index >= 15 is 0 Å². The number of amides is 2. The second-order valence-electron chi connectivity index (χ2n) is 9.33. The minimum Gasteiger partial charge on any atom is -0.355 e. The molecule has 2 amide bonds. The van der Waals surface area contributed by atoms with Gasteiger partial charge in [-0.3, -0.25) is 9.59 Å². The molecule has 35 heavy (non-hydrogen) atoms. The van der Waals surface area contributed by atoms with Crippen molar-refractivity contribution in [1.82, 2.24) is 25.0 Å². The van der Waals surface area contributed by atoms with E-state index in [4.69, 9.17) is 4.98 Å². The number of aromatic nitrogens is 3. The SMILES string of the molecule is CNC(=O)c1ccc(CN(C(=O)c2cc(-c3ccc(C)s3)nc3c2cnn3C(C)C)C2CC2)cc1. The zero-order valence-electron chi connectivity index (χ0n) is 20.4. The molecule has 3 aromatic heterocycles. The van der Waals surface area contributed by atoms with Crippen molar-refractivity contribution in [1.29, 1.82) is 0 Å². The average molecular weight is 488 g/mol. The Bertz CT molecular complexity index is 1400. The van der Waals surface area contributed by atoms with Crippen molar-refractivity contribution in [2.24, 2.45) is 0 Å². The van der Waals surface area contributed by atoms with Crippen molar-refractivity contribution >= 4 is 34.2 Å². The molecule has 8 heteroatoms. The summed E-state index contributed by atoms with van der Waals surface area (Å²) >= 11 is 1.67. The summed E-state index contributed by atoms with van der Waals surface area (Å²) in [6.07, 6.45) is 3.76. The second-order valence-corrected chi connectivity index (χ2v) is 10.6. The number of aryl methyl sites for hydroxylation is 1. The fraction of sp³-hybridized carbons (Fsp3) is 0.333. The van der Waals surface area contributed by atoms with Crippen LogP contribution in [0.1, 0.15) is 63.9 Å². The molecule has 7 nitrogen and oxygen atoms in total. The second kappa shape index (κ2) is 9.26. The Morgan fingerprint density at radius 3 is 2.51 bits per heavy atom. The first-order chi connectivity index (χ1) is 16.9. The predicted octanol–water partition coefficient (Wildman–Crippen LogP) is 5.21. The first kappa shape index (κ1) is 23.2. The van der Waals surface area contributed by atoms with Crippen molar-refractivity contribution < 1.29 is 9.59 Å². The van der Waals surface area contributed by atoms with Gasteiger partial charge in [0.25, 0.3) is 11.8 Å². The lowest BCUT2D eigenvalue weighted by Gasteiger charge is -2.23. The summed E-state index contributed by atoms with van der Waals surface area (Å²) in [7, 11) is 1.62. The van der Waals surface area contributed by atoms with Gasteiger partial charge in [-0.2, -0.15) is 5.10 Å². The zero-order valence-corrected chi connectivity index (χ0v) is 21.2. The largest absolute Gasteiger partial charge is 0.355 e. The van der Waals surface area contributed by atoms with Crippen LogP contribution in [0.5, 0.6) is 0 Å². The van der Waals surface area contributed by atoms with E-state index in [0.29, 0.717) is 17.7 Å². The number of carbonyl (C=O) groups is 2. The molecule has 1 aliphatic rings. The first-order valence-electron chi connectivity index (χ1n) is 11.9. The molecule has 3 heterocycles. The first-order valence-corrected chi connectivity index (χ1v) is 12.7. The van der Waals surface area contributed by atoms with Gasteiger partial charge in [0.05, 0.1) is 27.7 Å². The molecule has 5 rings (SSSR count). The van der Waals surface area contributed by atoms with E-state index in [1.807, 2.05) is 27.8 Å². The standard InChI is InChI=1S/C27H29N5O2S/c1-16(2)32-25-22(14-29-32)21(13-23(30-25)24-12-5-17(3)35-24)27(34)31(20-10-11-20)15-18-6-8-19(9-7-18)26(33)28-4/h5-9,12-14,16,20H,10-11,15H2,1-4H3,(H,28,33). The Hall–Kier alpha value is -3.52. The van der Waals surface area contributed by atoms with Crippen LogP contribution in [0.4, 0.5) is 0 Å². The van der Waals surface area contributed by atoms with E-state index < -0.39 is 0 Å². The topological polar surface area (TPSA) is 80.1 Å². The number of benzene rings is 1. The van der Waals surface area contributed by atoms with E-state index in [0.717, 1.165) is 40.0 Å². The van der Waals surface area contributed by atoms with E-state index in [1.165, 1.54) is 4.88 Å². The van der Waals surface area contributed by atoms with Crippen LogP contribution in [-0.4, -0.2) is 44.6 Å². The van der Waals surface area contributed by atoms with Crippen LogP contribution < -0.4 is 5.32 Å². The lowest BCUT2D eigenvalue weighted by Crippen LogP contribution is -2.33. The molecule has 1 aliphatic carbocycles. The van der Waals surface area contributed by atoms with Gasteiger partial charge in [-0.15, -0.1) is 11.3 Å². The summed E-state index contributed by atoms with van der Waals surface area (Å²) in [6, 6.07) is 13.9. The maximum Gasteiger partial charge on any atom is 0.255 e. The van der Waals surface area contributed by atoms with Crippen LogP contribution in [0.15, 0.2) is 48.7 Å². The highest BCUT2D eigenvalue weighted by Gasteiger charge is 2.34. The third-order valence-corrected chi connectivity index (χ3v) is 7.35. The summed E-state index contributed by atoms with van der Waals surface area (Å²) in [6.45, 7) is 6.70. The summed E-state index contributed by atoms with van der Waals surface area (Å²) in [5, 5.41) is 7.98. The van der Waals surface area contributed by atoms with Crippen LogP contribution in [0, 0.1) is 6.92 Å². The fourth-order valence-electron chi connectivity index (χ4n) is 4.28. The minimum atomic E-state index is -0.121. The van der Waals surface area contributed by atoms with Gasteiger partial charge in [0.2, 0.25) is 0 Å². The minimum absolute atomic E-state index is 0.00638. The number of nitrogens with one attached hydrogen (secondary N) is 1. The summed E-state index contributed by atoms with van der Waals surface area (Å²) < 4.78 is 1.88. The van der Waals surface area contributed by atoms with E-state index in [1.54, 1.807) is 36.7 Å². The average Bonchev–Trinajstić information content (AvgIpc) is 3.45. The molecular formula is C27H29N5O2S. The smallest absolute Gasteiger partial charge is 0.255 e. The van der Waals surface area contributed by atoms with Gasteiger partial charge in [-0.1, -0.05) is 12.1 Å². The maximum atomic E-state index is 14.0. The number of hydrogen-bond acceptors (Lipinski definition) is 5. The number of carbonyl (C=O) groups excluding carboxylic acids is 2. The van der Waals surface area contributed by atoms with Gasteiger partial charge in [0, 0.05) is 36.1 Å². The quantitative estimate of drug-likeness (QED) is 0.388. The molecule has 1 saturated carbocycles. The number of nitrogens with zero attached hydrogens (tertiary/aromatic N) is 4. The van der Waals surface area contributed by atoms with E-state index in [-0.39, 0.29) is 23.9 Å².